The monoisotopic (exact) mass is 288 g/mol. The highest BCUT2D eigenvalue weighted by Gasteiger charge is 2.18. The maximum Gasteiger partial charge on any atom is 0.339 e. The zero-order valence-electron chi connectivity index (χ0n) is 11.2. The maximum atomic E-state index is 12.8. The molecular formula is C15H13FN2O3. The molecule has 1 atom stereocenters. The highest BCUT2D eigenvalue weighted by atomic mass is 19.1. The molecule has 1 N–H and O–H groups in total. The van der Waals surface area contributed by atoms with E-state index in [2.05, 4.69) is 10.3 Å². The predicted molar refractivity (Wildman–Crippen MR) is 74.1 cm³/mol. The van der Waals surface area contributed by atoms with Gasteiger partial charge in [-0.25, -0.2) is 9.18 Å². The van der Waals surface area contributed by atoms with Gasteiger partial charge in [0.2, 0.25) is 0 Å². The second-order valence-electron chi connectivity index (χ2n) is 4.28. The summed E-state index contributed by atoms with van der Waals surface area (Å²) in [6, 6.07) is 8.28. The summed E-state index contributed by atoms with van der Waals surface area (Å²) in [7, 11) is 0. The van der Waals surface area contributed by atoms with Crippen molar-refractivity contribution >= 4 is 17.6 Å². The minimum absolute atomic E-state index is 0.312. The van der Waals surface area contributed by atoms with Crippen LogP contribution in [0, 0.1) is 5.82 Å². The average Bonchev–Trinajstić information content (AvgIpc) is 2.50. The highest BCUT2D eigenvalue weighted by molar-refractivity contribution is 5.97. The van der Waals surface area contributed by atoms with Gasteiger partial charge in [0, 0.05) is 18.1 Å². The van der Waals surface area contributed by atoms with Crippen molar-refractivity contribution in [3.05, 3.63) is 60.2 Å². The van der Waals surface area contributed by atoms with Crippen LogP contribution in [0.2, 0.25) is 0 Å². The third kappa shape index (κ3) is 4.10. The van der Waals surface area contributed by atoms with Crippen LogP contribution in [0.15, 0.2) is 48.8 Å². The standard InChI is InChI=1S/C15H13FN2O3/c1-10(21-15(20)11-6-8-17-9-7-11)14(19)18-13-4-2-12(16)3-5-13/h2-10H,1H3,(H,18,19)/t10-/m0/s1. The summed E-state index contributed by atoms with van der Waals surface area (Å²) in [5.74, 6) is -1.51. The molecule has 6 heteroatoms. The van der Waals surface area contributed by atoms with E-state index in [1.165, 1.54) is 55.7 Å². The van der Waals surface area contributed by atoms with Crippen LogP contribution in [0.25, 0.3) is 0 Å². The van der Waals surface area contributed by atoms with Gasteiger partial charge in [0.05, 0.1) is 5.56 Å². The molecule has 2 aromatic rings. The second kappa shape index (κ2) is 6.60. The Labute approximate surface area is 120 Å². The van der Waals surface area contributed by atoms with Gasteiger partial charge in [0.1, 0.15) is 5.82 Å². The van der Waals surface area contributed by atoms with Crippen molar-refractivity contribution in [2.45, 2.75) is 13.0 Å². The number of ether oxygens (including phenoxy) is 1. The molecular weight excluding hydrogens is 275 g/mol. The van der Waals surface area contributed by atoms with Crippen molar-refractivity contribution in [1.29, 1.82) is 0 Å². The fraction of sp³-hybridized carbons (Fsp3) is 0.133. The van der Waals surface area contributed by atoms with Crippen molar-refractivity contribution < 1.29 is 18.7 Å². The average molecular weight is 288 g/mol. The van der Waals surface area contributed by atoms with Gasteiger partial charge < -0.3 is 10.1 Å². The van der Waals surface area contributed by atoms with E-state index in [0.29, 0.717) is 11.3 Å². The molecule has 5 nitrogen and oxygen atoms in total. The second-order valence-corrected chi connectivity index (χ2v) is 4.28. The van der Waals surface area contributed by atoms with Crippen LogP contribution in [0.3, 0.4) is 0 Å². The number of hydrogen-bond donors (Lipinski definition) is 1. The summed E-state index contributed by atoms with van der Waals surface area (Å²) < 4.78 is 17.8. The Balaban J connectivity index is 1.93. The minimum Gasteiger partial charge on any atom is -0.449 e. The van der Waals surface area contributed by atoms with Gasteiger partial charge in [0.25, 0.3) is 5.91 Å². The van der Waals surface area contributed by atoms with Crippen molar-refractivity contribution in [2.24, 2.45) is 0 Å². The molecule has 21 heavy (non-hydrogen) atoms. The first-order chi connectivity index (χ1) is 10.1. The SMILES string of the molecule is C[C@H](OC(=O)c1ccncc1)C(=O)Nc1ccc(F)cc1. The van der Waals surface area contributed by atoms with E-state index >= 15 is 0 Å². The molecule has 0 fully saturated rings. The number of hydrogen-bond acceptors (Lipinski definition) is 4. The van der Waals surface area contributed by atoms with Crippen LogP contribution in [0.1, 0.15) is 17.3 Å². The highest BCUT2D eigenvalue weighted by Crippen LogP contribution is 2.10. The Bertz CT molecular complexity index is 629. The van der Waals surface area contributed by atoms with Crippen LogP contribution in [0.4, 0.5) is 10.1 Å². The Hall–Kier alpha value is -2.76. The molecule has 1 aromatic heterocycles. The smallest absolute Gasteiger partial charge is 0.339 e. The fourth-order valence-electron chi connectivity index (χ4n) is 1.55. The van der Waals surface area contributed by atoms with Crippen LogP contribution in [0.5, 0.6) is 0 Å². The molecule has 1 heterocycles. The quantitative estimate of drug-likeness (QED) is 0.877. The number of benzene rings is 1. The van der Waals surface area contributed by atoms with Gasteiger partial charge in [-0.2, -0.15) is 0 Å². The van der Waals surface area contributed by atoms with E-state index in [0.717, 1.165) is 0 Å². The summed E-state index contributed by atoms with van der Waals surface area (Å²) in [5.41, 5.74) is 0.736. The Morgan fingerprint density at radius 1 is 1.14 bits per heavy atom. The Morgan fingerprint density at radius 3 is 2.38 bits per heavy atom. The molecule has 1 aromatic carbocycles. The fourth-order valence-corrected chi connectivity index (χ4v) is 1.55. The number of halogens is 1. The lowest BCUT2D eigenvalue weighted by atomic mass is 10.2. The summed E-state index contributed by atoms with van der Waals surface area (Å²) in [4.78, 5) is 27.4. The number of aromatic nitrogens is 1. The minimum atomic E-state index is -0.976. The number of carbonyl (C=O) groups is 2. The van der Waals surface area contributed by atoms with Crippen LogP contribution >= 0.6 is 0 Å². The summed E-state index contributed by atoms with van der Waals surface area (Å²) >= 11 is 0. The summed E-state index contributed by atoms with van der Waals surface area (Å²) in [6.07, 6.45) is 1.94. The van der Waals surface area contributed by atoms with Crippen molar-refractivity contribution in [2.75, 3.05) is 5.32 Å². The largest absolute Gasteiger partial charge is 0.449 e. The molecule has 0 saturated heterocycles. The number of amides is 1. The summed E-state index contributed by atoms with van der Waals surface area (Å²) in [5, 5.41) is 2.53. The molecule has 0 bridgehead atoms. The zero-order valence-corrected chi connectivity index (χ0v) is 11.2. The molecule has 0 saturated carbocycles. The van der Waals surface area contributed by atoms with Crippen molar-refractivity contribution in [3.63, 3.8) is 0 Å². The first-order valence-electron chi connectivity index (χ1n) is 6.23. The molecule has 2 rings (SSSR count). The van der Waals surface area contributed by atoms with Gasteiger partial charge in [-0.05, 0) is 43.3 Å². The molecule has 0 radical (unpaired) electrons. The van der Waals surface area contributed by atoms with Gasteiger partial charge in [0.15, 0.2) is 6.10 Å². The molecule has 0 aliphatic carbocycles. The van der Waals surface area contributed by atoms with E-state index in [1.807, 2.05) is 0 Å². The topological polar surface area (TPSA) is 68.3 Å². The van der Waals surface area contributed by atoms with Crippen molar-refractivity contribution in [1.82, 2.24) is 4.98 Å². The third-order valence-corrected chi connectivity index (χ3v) is 2.68. The Kier molecular flexibility index (Phi) is 4.61. The zero-order chi connectivity index (χ0) is 15.2. The molecule has 0 aliphatic rings. The molecule has 0 aliphatic heterocycles. The van der Waals surface area contributed by atoms with Gasteiger partial charge in [-0.1, -0.05) is 0 Å². The number of rotatable bonds is 4. The lowest BCUT2D eigenvalue weighted by Gasteiger charge is -2.13. The van der Waals surface area contributed by atoms with Gasteiger partial charge >= 0.3 is 5.97 Å². The first kappa shape index (κ1) is 14.6. The number of anilines is 1. The first-order valence-corrected chi connectivity index (χ1v) is 6.23. The number of nitrogens with one attached hydrogen (secondary N) is 1. The predicted octanol–water partition coefficient (Wildman–Crippen LogP) is 2.40. The van der Waals surface area contributed by atoms with E-state index in [9.17, 15) is 14.0 Å². The number of esters is 1. The van der Waals surface area contributed by atoms with Gasteiger partial charge in [-0.3, -0.25) is 9.78 Å². The number of carbonyl (C=O) groups excluding carboxylic acids is 2. The molecule has 0 unspecified atom stereocenters. The van der Waals surface area contributed by atoms with E-state index in [1.54, 1.807) is 0 Å². The number of pyridine rings is 1. The third-order valence-electron chi connectivity index (χ3n) is 2.68. The lowest BCUT2D eigenvalue weighted by Crippen LogP contribution is -2.30. The van der Waals surface area contributed by atoms with E-state index in [-0.39, 0.29) is 0 Å². The molecule has 0 spiro atoms. The van der Waals surface area contributed by atoms with Crippen molar-refractivity contribution in [3.8, 4) is 0 Å². The van der Waals surface area contributed by atoms with Crippen LogP contribution in [-0.2, 0) is 9.53 Å². The van der Waals surface area contributed by atoms with Gasteiger partial charge in [-0.15, -0.1) is 0 Å². The molecule has 1 amide bonds. The summed E-state index contributed by atoms with van der Waals surface area (Å²) in [6.45, 7) is 1.46. The van der Waals surface area contributed by atoms with Crippen LogP contribution < -0.4 is 5.32 Å². The van der Waals surface area contributed by atoms with Crippen LogP contribution in [-0.4, -0.2) is 23.0 Å². The number of nitrogens with zero attached hydrogens (tertiary/aromatic N) is 1. The normalized spacial score (nSPS) is 11.5. The lowest BCUT2D eigenvalue weighted by molar-refractivity contribution is -0.123. The van der Waals surface area contributed by atoms with E-state index in [4.69, 9.17) is 4.74 Å². The maximum absolute atomic E-state index is 12.8. The Morgan fingerprint density at radius 2 is 1.76 bits per heavy atom. The van der Waals surface area contributed by atoms with E-state index < -0.39 is 23.8 Å². The molecule has 108 valence electrons.